The molecule has 0 amide bonds. The van der Waals surface area contributed by atoms with Crippen LogP contribution in [0.25, 0.3) is 11.2 Å². The first-order valence-corrected chi connectivity index (χ1v) is 7.72. The van der Waals surface area contributed by atoms with Crippen LogP contribution in [0.15, 0.2) is 4.73 Å². The summed E-state index contributed by atoms with van der Waals surface area (Å²) in [4.78, 5) is 15.4. The van der Waals surface area contributed by atoms with Crippen molar-refractivity contribution in [1.29, 1.82) is 0 Å². The van der Waals surface area contributed by atoms with Gasteiger partial charge in [0.05, 0.1) is 19.3 Å². The lowest BCUT2D eigenvalue weighted by Gasteiger charge is -2.34. The van der Waals surface area contributed by atoms with E-state index in [0.29, 0.717) is 13.2 Å². The maximum absolute atomic E-state index is 6.09. The highest BCUT2D eigenvalue weighted by molar-refractivity contribution is 9.10. The Kier molecular flexibility index (Phi) is 3.83. The molecule has 0 saturated carbocycles. The molecule has 0 radical (unpaired) electrons. The second kappa shape index (κ2) is 5.46. The number of anilines is 1. The third kappa shape index (κ3) is 2.27. The zero-order valence-corrected chi connectivity index (χ0v) is 13.6. The fourth-order valence-corrected chi connectivity index (χ4v) is 3.21. The number of halogens is 2. The zero-order valence-electron chi connectivity index (χ0n) is 11.3. The molecule has 0 aromatic carbocycles. The molecule has 108 valence electrons. The van der Waals surface area contributed by atoms with E-state index in [1.807, 2.05) is 11.5 Å². The molecular weight excluding hydrogens is 346 g/mol. The lowest BCUT2D eigenvalue weighted by molar-refractivity contribution is 0.0986. The van der Waals surface area contributed by atoms with Gasteiger partial charge in [0.2, 0.25) is 5.28 Å². The molecule has 6 nitrogen and oxygen atoms in total. The summed E-state index contributed by atoms with van der Waals surface area (Å²) < 4.78 is 8.19. The molecule has 3 heterocycles. The van der Waals surface area contributed by atoms with Crippen molar-refractivity contribution in [2.75, 3.05) is 24.7 Å². The minimum Gasteiger partial charge on any atom is -0.377 e. The molecule has 0 N–H and O–H groups in total. The van der Waals surface area contributed by atoms with Crippen molar-refractivity contribution in [2.45, 2.75) is 26.4 Å². The summed E-state index contributed by atoms with van der Waals surface area (Å²) in [6, 6.07) is 0.239. The number of aromatic nitrogens is 4. The van der Waals surface area contributed by atoms with E-state index in [4.69, 9.17) is 16.3 Å². The van der Waals surface area contributed by atoms with Crippen LogP contribution in [0.3, 0.4) is 0 Å². The molecule has 1 fully saturated rings. The first-order valence-electron chi connectivity index (χ1n) is 6.55. The maximum Gasteiger partial charge on any atom is 0.226 e. The van der Waals surface area contributed by atoms with E-state index in [2.05, 4.69) is 42.7 Å². The minimum absolute atomic E-state index is 0.239. The molecule has 1 aliphatic rings. The molecule has 3 rings (SSSR count). The van der Waals surface area contributed by atoms with Crippen LogP contribution in [0, 0.1) is 0 Å². The lowest BCUT2D eigenvalue weighted by atomic mass is 10.2. The summed E-state index contributed by atoms with van der Waals surface area (Å²) >= 11 is 9.56. The Bertz CT molecular complexity index is 646. The van der Waals surface area contributed by atoms with E-state index < -0.39 is 0 Å². The summed E-state index contributed by atoms with van der Waals surface area (Å²) in [7, 11) is 0. The maximum atomic E-state index is 6.09. The second-order valence-corrected chi connectivity index (χ2v) is 5.78. The van der Waals surface area contributed by atoms with Gasteiger partial charge in [0.25, 0.3) is 0 Å². The molecule has 2 aromatic heterocycles. The summed E-state index contributed by atoms with van der Waals surface area (Å²) in [5, 5.41) is 0.244. The van der Waals surface area contributed by atoms with E-state index >= 15 is 0 Å². The minimum atomic E-state index is 0.239. The molecule has 20 heavy (non-hydrogen) atoms. The lowest BCUT2D eigenvalue weighted by Crippen LogP contribution is -2.44. The Morgan fingerprint density at radius 3 is 2.90 bits per heavy atom. The predicted octanol–water partition coefficient (Wildman–Crippen LogP) is 2.49. The second-order valence-electron chi connectivity index (χ2n) is 4.73. The summed E-state index contributed by atoms with van der Waals surface area (Å²) in [6.45, 7) is 7.05. The number of rotatable bonds is 2. The van der Waals surface area contributed by atoms with E-state index in [1.54, 1.807) is 0 Å². The van der Waals surface area contributed by atoms with Gasteiger partial charge >= 0.3 is 0 Å². The van der Waals surface area contributed by atoms with Crippen LogP contribution in [0.1, 0.15) is 13.8 Å². The zero-order chi connectivity index (χ0) is 14.3. The van der Waals surface area contributed by atoms with Gasteiger partial charge < -0.3 is 14.2 Å². The van der Waals surface area contributed by atoms with E-state index in [9.17, 15) is 0 Å². The number of morpholine rings is 1. The molecular formula is C12H15BrClN5O. The fourth-order valence-electron chi connectivity index (χ4n) is 2.46. The van der Waals surface area contributed by atoms with Crippen molar-refractivity contribution >= 4 is 44.5 Å². The molecule has 0 aliphatic carbocycles. The van der Waals surface area contributed by atoms with Gasteiger partial charge in [0.15, 0.2) is 21.7 Å². The van der Waals surface area contributed by atoms with Crippen molar-refractivity contribution in [3.8, 4) is 0 Å². The van der Waals surface area contributed by atoms with Crippen molar-refractivity contribution < 1.29 is 4.74 Å². The molecule has 0 bridgehead atoms. The Morgan fingerprint density at radius 2 is 2.20 bits per heavy atom. The molecule has 1 atom stereocenters. The Balaban J connectivity index is 2.19. The third-order valence-corrected chi connectivity index (χ3v) is 4.23. The average Bonchev–Trinajstić information content (AvgIpc) is 2.74. The number of ether oxygens (including phenoxy) is 1. The number of aryl methyl sites for hydroxylation is 1. The molecule has 1 aliphatic heterocycles. The monoisotopic (exact) mass is 359 g/mol. The van der Waals surface area contributed by atoms with Crippen LogP contribution in [-0.4, -0.2) is 45.3 Å². The Hall–Kier alpha value is -0.920. The van der Waals surface area contributed by atoms with Crippen LogP contribution in [0.4, 0.5) is 5.82 Å². The van der Waals surface area contributed by atoms with E-state index in [1.165, 1.54) is 0 Å². The van der Waals surface area contributed by atoms with E-state index in [0.717, 1.165) is 34.8 Å². The number of nitrogens with zero attached hydrogens (tertiary/aromatic N) is 5. The van der Waals surface area contributed by atoms with Gasteiger partial charge in [0, 0.05) is 13.1 Å². The molecule has 8 heteroatoms. The van der Waals surface area contributed by atoms with Crippen LogP contribution in [-0.2, 0) is 11.3 Å². The molecule has 1 unspecified atom stereocenters. The van der Waals surface area contributed by atoms with Crippen molar-refractivity contribution in [3.05, 3.63) is 10.0 Å². The molecule has 2 aromatic rings. The van der Waals surface area contributed by atoms with Gasteiger partial charge in [-0.25, -0.2) is 4.98 Å². The topological polar surface area (TPSA) is 56.1 Å². The first kappa shape index (κ1) is 14.0. The standard InChI is InChI=1S/C12H15BrClN5O/c1-3-18-9-8(15-11(18)13)10(17-12(14)16-9)19-4-5-20-6-7(19)2/h7H,3-6H2,1-2H3. The normalized spacial score (nSPS) is 19.8. The number of hydrogen-bond acceptors (Lipinski definition) is 5. The van der Waals surface area contributed by atoms with E-state index in [-0.39, 0.29) is 11.3 Å². The smallest absolute Gasteiger partial charge is 0.226 e. The van der Waals surface area contributed by atoms with Crippen LogP contribution >= 0.6 is 27.5 Å². The highest BCUT2D eigenvalue weighted by atomic mass is 79.9. The fraction of sp³-hybridized carbons (Fsp3) is 0.583. The van der Waals surface area contributed by atoms with Crippen LogP contribution < -0.4 is 4.90 Å². The largest absolute Gasteiger partial charge is 0.377 e. The summed E-state index contributed by atoms with van der Waals surface area (Å²) in [6.07, 6.45) is 0. The van der Waals surface area contributed by atoms with Gasteiger partial charge in [-0.05, 0) is 41.4 Å². The van der Waals surface area contributed by atoms with Gasteiger partial charge in [-0.1, -0.05) is 0 Å². The first-order chi connectivity index (χ1) is 9.61. The summed E-state index contributed by atoms with van der Waals surface area (Å²) in [5.41, 5.74) is 1.53. The number of imidazole rings is 1. The van der Waals surface area contributed by atoms with Crippen LogP contribution in [0.5, 0.6) is 0 Å². The highest BCUT2D eigenvalue weighted by Gasteiger charge is 2.25. The van der Waals surface area contributed by atoms with Gasteiger partial charge in [-0.15, -0.1) is 0 Å². The Morgan fingerprint density at radius 1 is 1.40 bits per heavy atom. The molecule has 0 spiro atoms. The van der Waals surface area contributed by atoms with Crippen molar-refractivity contribution in [2.24, 2.45) is 0 Å². The average molecular weight is 361 g/mol. The summed E-state index contributed by atoms with van der Waals surface area (Å²) in [5.74, 6) is 0.781. The van der Waals surface area contributed by atoms with Gasteiger partial charge in [-0.2, -0.15) is 9.97 Å². The Labute approximate surface area is 130 Å². The molecule has 1 saturated heterocycles. The van der Waals surface area contributed by atoms with Crippen LogP contribution in [0.2, 0.25) is 5.28 Å². The number of fused-ring (bicyclic) bond motifs is 1. The van der Waals surface area contributed by atoms with Crippen molar-refractivity contribution in [1.82, 2.24) is 19.5 Å². The SMILES string of the molecule is CCn1c(Br)nc2c(N3CCOCC3C)nc(Cl)nc21. The highest BCUT2D eigenvalue weighted by Crippen LogP contribution is 2.29. The van der Waals surface area contributed by atoms with Gasteiger partial charge in [0.1, 0.15) is 0 Å². The number of hydrogen-bond donors (Lipinski definition) is 0. The van der Waals surface area contributed by atoms with Crippen molar-refractivity contribution in [3.63, 3.8) is 0 Å². The van der Waals surface area contributed by atoms with Gasteiger partial charge in [-0.3, -0.25) is 0 Å². The third-order valence-electron chi connectivity index (χ3n) is 3.46. The quantitative estimate of drug-likeness (QED) is 0.608. The predicted molar refractivity (Wildman–Crippen MR) is 81.3 cm³/mol.